The average molecular weight is 1780 g/mol. The number of aromatic nitrogens is 2. The summed E-state index contributed by atoms with van der Waals surface area (Å²) in [5.41, 5.74) is 6.42. The van der Waals surface area contributed by atoms with Gasteiger partial charge in [-0.2, -0.15) is 0 Å². The molecule has 0 aliphatic carbocycles. The molecule has 20 aromatic heterocycles. The van der Waals surface area contributed by atoms with E-state index in [0.717, 1.165) is 68.3 Å². The van der Waals surface area contributed by atoms with Gasteiger partial charge in [-0.05, 0) is 235 Å². The lowest BCUT2D eigenvalue weighted by Crippen LogP contribution is -2.27. The molecule has 0 radical (unpaired) electrons. The molecule has 22 aromatic rings. The molecular formula is C88H52N2O4S18. The zero-order valence-corrected chi connectivity index (χ0v) is 74.7. The van der Waals surface area contributed by atoms with E-state index in [1.165, 1.54) is 173 Å². The van der Waals surface area contributed by atoms with Gasteiger partial charge in [-0.25, -0.2) is 9.13 Å². The predicted octanol–water partition coefficient (Wildman–Crippen LogP) is 31.8. The van der Waals surface area contributed by atoms with Gasteiger partial charge in [-0.1, -0.05) is 0 Å². The molecule has 0 spiro atoms. The van der Waals surface area contributed by atoms with Gasteiger partial charge in [-0.3, -0.25) is 19.2 Å². The highest BCUT2D eigenvalue weighted by Gasteiger charge is 2.30. The van der Waals surface area contributed by atoms with Crippen LogP contribution < -0.4 is 22.2 Å². The maximum atomic E-state index is 15.3. The number of nitrogens with zero attached hydrogens (tertiary/aromatic N) is 2. The minimum atomic E-state index is -0.310. The van der Waals surface area contributed by atoms with Gasteiger partial charge >= 0.3 is 0 Å². The van der Waals surface area contributed by atoms with Crippen LogP contribution in [0.15, 0.2) is 188 Å². The van der Waals surface area contributed by atoms with Crippen LogP contribution in [-0.2, 0) is 0 Å². The Kier molecular flexibility index (Phi) is 17.1. The summed E-state index contributed by atoms with van der Waals surface area (Å²) in [4.78, 5) is 87.8. The fourth-order valence-electron chi connectivity index (χ4n) is 15.2. The lowest BCUT2D eigenvalue weighted by Gasteiger charge is -2.09. The van der Waals surface area contributed by atoms with Gasteiger partial charge in [0, 0.05) is 180 Å². The number of aryl methyl sites for hydroxylation is 8. The molecule has 0 bridgehead atoms. The largest absolute Gasteiger partial charge is 0.268 e. The maximum Gasteiger partial charge on any atom is 0.267 e. The Morgan fingerprint density at radius 3 is 0.857 bits per heavy atom. The van der Waals surface area contributed by atoms with Crippen LogP contribution in [0.4, 0.5) is 0 Å². The number of rotatable bonds is 13. The molecule has 0 N–H and O–H groups in total. The maximum absolute atomic E-state index is 15.3. The van der Waals surface area contributed by atoms with Gasteiger partial charge < -0.3 is 0 Å². The van der Waals surface area contributed by atoms with Crippen molar-refractivity contribution in [2.24, 2.45) is 0 Å². The van der Waals surface area contributed by atoms with Crippen LogP contribution in [0, 0.1) is 55.4 Å². The van der Waals surface area contributed by atoms with Crippen molar-refractivity contribution in [1.82, 2.24) is 9.13 Å². The van der Waals surface area contributed by atoms with Gasteiger partial charge in [0.2, 0.25) is 0 Å². The molecule has 112 heavy (non-hydrogen) atoms. The first-order valence-electron chi connectivity index (χ1n) is 35.5. The lowest BCUT2D eigenvalue weighted by atomic mass is 9.99. The minimum Gasteiger partial charge on any atom is -0.268 e. The highest BCUT2D eigenvalue weighted by Crippen LogP contribution is 2.59. The number of hydrogen-bond acceptors (Lipinski definition) is 22. The molecule has 0 aliphatic rings. The Balaban J connectivity index is 0.652. The molecule has 0 fully saturated rings. The Hall–Kier alpha value is -7.64. The topological polar surface area (TPSA) is 78.1 Å². The predicted molar refractivity (Wildman–Crippen MR) is 510 cm³/mol. The molecule has 20 heterocycles. The van der Waals surface area contributed by atoms with Gasteiger partial charge in [0.25, 0.3) is 22.2 Å². The summed E-state index contributed by atoms with van der Waals surface area (Å²) in [5, 5.41) is 12.3. The highest BCUT2D eigenvalue weighted by atomic mass is 32.2. The first-order chi connectivity index (χ1) is 54.4. The van der Waals surface area contributed by atoms with E-state index < -0.39 is 0 Å². The number of thiophene rings is 18. The quantitative estimate of drug-likeness (QED) is 0.115. The highest BCUT2D eigenvalue weighted by molar-refractivity contribution is 7.36. The third kappa shape index (κ3) is 11.4. The molecule has 0 amide bonds. The third-order valence-corrected chi connectivity index (χ3v) is 41.6. The van der Waals surface area contributed by atoms with Crippen molar-refractivity contribution in [2.75, 3.05) is 0 Å². The van der Waals surface area contributed by atoms with Gasteiger partial charge in [0.15, 0.2) is 0 Å². The van der Waals surface area contributed by atoms with Gasteiger partial charge in [0.1, 0.15) is 10.0 Å². The molecule has 6 nitrogen and oxygen atoms in total. The SMILES string of the molecule is Cc1ccc(-c2c3cc(-c4ccc(-c5cc6c(=O)n(-c7cccs7)c(=O)c7cc(-c8sc(-c9cc%10c(-c%11ccc(C)s%11)c%11sc(-c%12cc(C)c(C)s%12)cc%11c(-c%11ccc(C)s%11)c%10s9)cc8C)sc7c6s5)s4)sc3c(-c3ccc(C)s3)c3cc(-c4ccc(-c5cc6c(=O)n(-c7cccs7)c(=O)c7cc(C)sc7c6s5)s4)sc23)s1. The molecular weight excluding hydrogens is 1730 g/mol. The zero-order chi connectivity index (χ0) is 75.7. The molecule has 24 heteroatoms. The van der Waals surface area contributed by atoms with Gasteiger partial charge in [0.05, 0.1) is 40.3 Å². The van der Waals surface area contributed by atoms with Crippen LogP contribution in [0.1, 0.15) is 40.4 Å². The van der Waals surface area contributed by atoms with Crippen LogP contribution >= 0.6 is 204 Å². The summed E-state index contributed by atoms with van der Waals surface area (Å²) < 4.78 is 11.3. The van der Waals surface area contributed by atoms with E-state index in [9.17, 15) is 9.59 Å². The first-order valence-corrected chi connectivity index (χ1v) is 50.3. The van der Waals surface area contributed by atoms with Crippen molar-refractivity contribution in [3.63, 3.8) is 0 Å². The van der Waals surface area contributed by atoms with E-state index in [-0.39, 0.29) is 22.2 Å². The summed E-state index contributed by atoms with van der Waals surface area (Å²) >= 11 is 31.3. The van der Waals surface area contributed by atoms with Crippen molar-refractivity contribution in [1.29, 1.82) is 0 Å². The second-order valence-electron chi connectivity index (χ2n) is 27.8. The number of fused-ring (bicyclic) bond motifs is 10. The molecule has 0 unspecified atom stereocenters. The van der Waals surface area contributed by atoms with E-state index in [2.05, 4.69) is 164 Å². The van der Waals surface area contributed by atoms with E-state index in [0.29, 0.717) is 31.5 Å². The van der Waals surface area contributed by atoms with E-state index in [1.54, 1.807) is 79.4 Å². The van der Waals surface area contributed by atoms with Crippen LogP contribution in [0.2, 0.25) is 0 Å². The summed E-state index contributed by atoms with van der Waals surface area (Å²) in [6.07, 6.45) is 0. The van der Waals surface area contributed by atoms with Gasteiger partial charge in [-0.15, -0.1) is 204 Å². The molecule has 2 aromatic carbocycles. The smallest absolute Gasteiger partial charge is 0.267 e. The molecule has 0 saturated carbocycles. The molecule has 0 aliphatic heterocycles. The van der Waals surface area contributed by atoms with E-state index in [1.807, 2.05) is 162 Å². The standard InChI is InChI=1S/C88H52N2O4S18/c1-37-27-61(102-44(37)8)67-32-47-74(59-19-15-41(5)99-59)80-48(75(79(47)108-67)60-20-16-42(6)100-60)33-68(109-80)62-28-38(2)76(105-62)69-36-52-84(112-69)83-51(87(93)90(88(52)94)71-12-10-26-96-71)35-66(111-83)56-24-22-54(104-56)64-31-46-73(58-18-14-40(4)98-58)77-45(72(78(46)107-64)57-17-13-39(3)97-57)30-63(106-77)53-21-23-55(103-53)65-34-50-82(110-65)81-49(29-43(7)101-81)85(91)89(86(50)92)70-11-9-25-95-70/h9-36H,1-8H3. The third-order valence-electron chi connectivity index (χ3n) is 20.5. The summed E-state index contributed by atoms with van der Waals surface area (Å²) in [5.74, 6) is 0. The second-order valence-corrected chi connectivity index (χ2v) is 47.9. The fraction of sp³-hybridized carbons (Fsp3) is 0.0909. The lowest BCUT2D eigenvalue weighted by molar-refractivity contribution is 0.999. The summed E-state index contributed by atoms with van der Waals surface area (Å²) in [7, 11) is 0. The van der Waals surface area contributed by atoms with E-state index in [4.69, 9.17) is 0 Å². The summed E-state index contributed by atoms with van der Waals surface area (Å²) in [6, 6.07) is 57.1. The monoisotopic (exact) mass is 1780 g/mol. The first kappa shape index (κ1) is 70.9. The van der Waals surface area contributed by atoms with Crippen LogP contribution in [0.5, 0.6) is 0 Å². The Morgan fingerprint density at radius 1 is 0.223 bits per heavy atom. The fourth-order valence-corrected chi connectivity index (χ4v) is 35.3. The molecule has 0 saturated heterocycles. The van der Waals surface area contributed by atoms with Crippen molar-refractivity contribution < 1.29 is 0 Å². The van der Waals surface area contributed by atoms with Crippen molar-refractivity contribution in [3.8, 4) is 120 Å². The Morgan fingerprint density at radius 2 is 0.518 bits per heavy atom. The molecule has 22 rings (SSSR count). The minimum absolute atomic E-state index is 0.278. The van der Waals surface area contributed by atoms with Crippen LogP contribution in [0.3, 0.4) is 0 Å². The van der Waals surface area contributed by atoms with E-state index >= 15 is 9.59 Å². The zero-order valence-electron chi connectivity index (χ0n) is 60.0. The Bertz CT molecular complexity index is 7780. The van der Waals surface area contributed by atoms with Crippen molar-refractivity contribution >= 4 is 285 Å². The Labute approximate surface area is 711 Å². The van der Waals surface area contributed by atoms with Crippen LogP contribution in [-0.4, -0.2) is 9.13 Å². The van der Waals surface area contributed by atoms with Crippen LogP contribution in [0.25, 0.3) is 201 Å². The second kappa shape index (κ2) is 27.0. The van der Waals surface area contributed by atoms with Crippen molar-refractivity contribution in [2.45, 2.75) is 55.4 Å². The average Bonchev–Trinajstić information content (AvgIpc) is 1.56. The normalized spacial score (nSPS) is 12.2. The number of benzene rings is 2. The molecule has 0 atom stereocenters. The summed E-state index contributed by atoms with van der Waals surface area (Å²) in [6.45, 7) is 17.5. The number of hydrogen-bond donors (Lipinski definition) is 0. The molecule has 546 valence electrons. The van der Waals surface area contributed by atoms with Crippen molar-refractivity contribution in [3.05, 3.63) is 250 Å².